The molecule has 0 aromatic carbocycles. The fraction of sp³-hybridized carbons (Fsp3) is 0.800. The molecular weight excluding hydrogens is 274 g/mol. The van der Waals surface area contributed by atoms with Crippen molar-refractivity contribution in [3.05, 3.63) is 0 Å². The van der Waals surface area contributed by atoms with Crippen molar-refractivity contribution in [1.29, 1.82) is 0 Å². The van der Waals surface area contributed by atoms with E-state index in [-0.39, 0.29) is 16.8 Å². The first kappa shape index (κ1) is 15.3. The van der Waals surface area contributed by atoms with Crippen molar-refractivity contribution >= 4 is 33.1 Å². The van der Waals surface area contributed by atoms with Crippen LogP contribution in [0.5, 0.6) is 0 Å². The van der Waals surface area contributed by atoms with Crippen LogP contribution in [-0.4, -0.2) is 42.0 Å². The average Bonchev–Trinajstić information content (AvgIpc) is 2.29. The molecule has 1 rings (SSSR count). The minimum Gasteiger partial charge on any atom is -0.392 e. The number of primary amides is 1. The summed E-state index contributed by atoms with van der Waals surface area (Å²) < 4.78 is 25.9. The molecule has 6 nitrogen and oxygen atoms in total. The van der Waals surface area contributed by atoms with Crippen molar-refractivity contribution in [2.45, 2.75) is 31.4 Å². The van der Waals surface area contributed by atoms with Gasteiger partial charge in [-0.05, 0) is 19.3 Å². The number of rotatable bonds is 5. The standard InChI is InChI=1S/C10H19N3O3S2/c1-2-8(10(12)17)18(15,16)13-5-3-7(4-6-13)9(11)14/h7-8H,2-6H2,1H3,(H2,11,14)(H2,12,17). The fourth-order valence-electron chi connectivity index (χ4n) is 2.13. The number of carbonyl (C=O) groups excluding carboxylic acids is 1. The Kier molecular flexibility index (Phi) is 5.06. The second-order valence-corrected chi connectivity index (χ2v) is 7.01. The van der Waals surface area contributed by atoms with E-state index in [0.29, 0.717) is 32.4 Å². The van der Waals surface area contributed by atoms with Crippen LogP contribution < -0.4 is 11.5 Å². The number of hydrogen-bond acceptors (Lipinski definition) is 4. The molecule has 104 valence electrons. The molecule has 1 aliphatic heterocycles. The number of nitrogens with two attached hydrogens (primary N) is 2. The Morgan fingerprint density at radius 3 is 2.22 bits per heavy atom. The van der Waals surface area contributed by atoms with Gasteiger partial charge >= 0.3 is 0 Å². The van der Waals surface area contributed by atoms with Gasteiger partial charge in [-0.3, -0.25) is 4.79 Å². The number of amides is 1. The second kappa shape index (κ2) is 5.94. The summed E-state index contributed by atoms with van der Waals surface area (Å²) >= 11 is 4.80. The average molecular weight is 293 g/mol. The predicted octanol–water partition coefficient (Wildman–Crippen LogP) is -0.422. The summed E-state index contributed by atoms with van der Waals surface area (Å²) in [6.07, 6.45) is 1.28. The molecule has 1 amide bonds. The van der Waals surface area contributed by atoms with Gasteiger partial charge in [0, 0.05) is 19.0 Å². The number of nitrogens with zero attached hydrogens (tertiary/aromatic N) is 1. The molecule has 1 saturated heterocycles. The van der Waals surface area contributed by atoms with Crippen LogP contribution in [0.3, 0.4) is 0 Å². The Balaban J connectivity index is 2.77. The normalized spacial score (nSPS) is 20.5. The lowest BCUT2D eigenvalue weighted by molar-refractivity contribution is -0.122. The lowest BCUT2D eigenvalue weighted by Gasteiger charge is -2.32. The topological polar surface area (TPSA) is 106 Å². The molecule has 4 N–H and O–H groups in total. The van der Waals surface area contributed by atoms with Crippen LogP contribution in [0.25, 0.3) is 0 Å². The molecule has 0 saturated carbocycles. The number of carbonyl (C=O) groups is 1. The fourth-order valence-corrected chi connectivity index (χ4v) is 4.46. The highest BCUT2D eigenvalue weighted by Gasteiger charge is 2.36. The molecule has 0 aromatic heterocycles. The molecule has 1 atom stereocenters. The van der Waals surface area contributed by atoms with Gasteiger partial charge in [0.25, 0.3) is 0 Å². The van der Waals surface area contributed by atoms with E-state index in [2.05, 4.69) is 0 Å². The maximum absolute atomic E-state index is 12.3. The zero-order chi connectivity index (χ0) is 13.9. The van der Waals surface area contributed by atoms with Crippen LogP contribution in [0.2, 0.25) is 0 Å². The Labute approximate surface area is 113 Å². The van der Waals surface area contributed by atoms with Gasteiger partial charge in [0.1, 0.15) is 5.25 Å². The van der Waals surface area contributed by atoms with E-state index in [1.807, 2.05) is 0 Å². The van der Waals surface area contributed by atoms with E-state index >= 15 is 0 Å². The Morgan fingerprint density at radius 1 is 1.39 bits per heavy atom. The van der Waals surface area contributed by atoms with E-state index < -0.39 is 15.3 Å². The number of sulfonamides is 1. The first-order chi connectivity index (χ1) is 8.30. The first-order valence-corrected chi connectivity index (χ1v) is 7.79. The van der Waals surface area contributed by atoms with Crippen molar-refractivity contribution in [2.75, 3.05) is 13.1 Å². The molecule has 0 bridgehead atoms. The van der Waals surface area contributed by atoms with E-state index in [1.165, 1.54) is 4.31 Å². The molecule has 18 heavy (non-hydrogen) atoms. The van der Waals surface area contributed by atoms with Gasteiger partial charge in [-0.1, -0.05) is 19.1 Å². The third-order valence-electron chi connectivity index (χ3n) is 3.26. The van der Waals surface area contributed by atoms with E-state index in [0.717, 1.165) is 0 Å². The minimum absolute atomic E-state index is 0.00507. The Hall–Kier alpha value is -0.730. The summed E-state index contributed by atoms with van der Waals surface area (Å²) in [6.45, 7) is 2.33. The van der Waals surface area contributed by atoms with Gasteiger partial charge in [0.05, 0.1) is 4.99 Å². The van der Waals surface area contributed by atoms with Gasteiger partial charge in [0.15, 0.2) is 0 Å². The monoisotopic (exact) mass is 293 g/mol. The van der Waals surface area contributed by atoms with Gasteiger partial charge in [-0.25, -0.2) is 12.7 Å². The molecule has 8 heteroatoms. The van der Waals surface area contributed by atoms with Crippen LogP contribution in [0.1, 0.15) is 26.2 Å². The molecule has 0 aliphatic carbocycles. The third kappa shape index (κ3) is 3.18. The Morgan fingerprint density at radius 2 is 1.89 bits per heavy atom. The molecule has 0 spiro atoms. The highest BCUT2D eigenvalue weighted by molar-refractivity contribution is 7.92. The summed E-state index contributed by atoms with van der Waals surface area (Å²) in [5.74, 6) is -0.602. The van der Waals surface area contributed by atoms with Crippen LogP contribution in [-0.2, 0) is 14.8 Å². The number of hydrogen-bond donors (Lipinski definition) is 2. The highest BCUT2D eigenvalue weighted by atomic mass is 32.2. The molecule has 1 heterocycles. The maximum atomic E-state index is 12.3. The van der Waals surface area contributed by atoms with Gasteiger partial charge in [-0.15, -0.1) is 0 Å². The predicted molar refractivity (Wildman–Crippen MR) is 73.3 cm³/mol. The molecule has 1 aliphatic rings. The summed E-state index contributed by atoms with van der Waals surface area (Å²) in [7, 11) is -3.51. The maximum Gasteiger partial charge on any atom is 0.223 e. The van der Waals surface area contributed by atoms with Crippen molar-refractivity contribution in [3.8, 4) is 0 Å². The zero-order valence-electron chi connectivity index (χ0n) is 10.3. The summed E-state index contributed by atoms with van der Waals surface area (Å²) in [4.78, 5) is 11.0. The van der Waals surface area contributed by atoms with Crippen molar-refractivity contribution in [3.63, 3.8) is 0 Å². The largest absolute Gasteiger partial charge is 0.392 e. The Bertz CT molecular complexity index is 428. The van der Waals surface area contributed by atoms with E-state index in [4.69, 9.17) is 23.7 Å². The van der Waals surface area contributed by atoms with Crippen LogP contribution in [0, 0.1) is 5.92 Å². The summed E-state index contributed by atoms with van der Waals surface area (Å²) in [5.41, 5.74) is 10.7. The van der Waals surface area contributed by atoms with Crippen molar-refractivity contribution < 1.29 is 13.2 Å². The molecule has 0 aromatic rings. The lowest BCUT2D eigenvalue weighted by atomic mass is 9.98. The lowest BCUT2D eigenvalue weighted by Crippen LogP contribution is -2.48. The highest BCUT2D eigenvalue weighted by Crippen LogP contribution is 2.22. The van der Waals surface area contributed by atoms with Gasteiger partial charge < -0.3 is 11.5 Å². The van der Waals surface area contributed by atoms with E-state index in [9.17, 15) is 13.2 Å². The molecule has 1 unspecified atom stereocenters. The van der Waals surface area contributed by atoms with Gasteiger partial charge in [-0.2, -0.15) is 0 Å². The first-order valence-electron chi connectivity index (χ1n) is 5.88. The summed E-state index contributed by atoms with van der Waals surface area (Å²) in [6, 6.07) is 0. The molecule has 1 fully saturated rings. The van der Waals surface area contributed by atoms with Crippen LogP contribution in [0.15, 0.2) is 0 Å². The second-order valence-electron chi connectivity index (χ2n) is 4.42. The smallest absolute Gasteiger partial charge is 0.223 e. The third-order valence-corrected chi connectivity index (χ3v) is 6.09. The van der Waals surface area contributed by atoms with Crippen LogP contribution >= 0.6 is 12.2 Å². The quantitative estimate of drug-likeness (QED) is 0.669. The van der Waals surface area contributed by atoms with Crippen molar-refractivity contribution in [1.82, 2.24) is 4.31 Å². The molecular formula is C10H19N3O3S2. The van der Waals surface area contributed by atoms with Crippen molar-refractivity contribution in [2.24, 2.45) is 17.4 Å². The minimum atomic E-state index is -3.51. The van der Waals surface area contributed by atoms with Gasteiger partial charge in [0.2, 0.25) is 15.9 Å². The molecule has 0 radical (unpaired) electrons. The van der Waals surface area contributed by atoms with E-state index in [1.54, 1.807) is 6.92 Å². The zero-order valence-corrected chi connectivity index (χ0v) is 12.0. The number of thiocarbonyl (C=S) groups is 1. The summed E-state index contributed by atoms with van der Waals surface area (Å²) in [5, 5.41) is -0.822. The SMILES string of the molecule is CCC(C(N)=S)S(=O)(=O)N1CCC(C(N)=O)CC1. The van der Waals surface area contributed by atoms with Crippen LogP contribution in [0.4, 0.5) is 0 Å². The number of piperidine rings is 1.